The van der Waals surface area contributed by atoms with Crippen molar-refractivity contribution >= 4 is 5.97 Å². The van der Waals surface area contributed by atoms with Gasteiger partial charge in [-0.1, -0.05) is 0 Å². The fourth-order valence-electron chi connectivity index (χ4n) is 1.79. The van der Waals surface area contributed by atoms with E-state index in [9.17, 15) is 9.18 Å². The van der Waals surface area contributed by atoms with E-state index in [0.29, 0.717) is 0 Å². The van der Waals surface area contributed by atoms with Crippen molar-refractivity contribution < 1.29 is 14.3 Å². The van der Waals surface area contributed by atoms with Crippen LogP contribution in [0.4, 0.5) is 4.39 Å². The lowest BCUT2D eigenvalue weighted by molar-refractivity contribution is -0.143. The molecule has 0 fully saturated rings. The number of hydrogen-bond acceptors (Lipinski definition) is 2. The Bertz CT molecular complexity index is 362. The molecular formula is C9H11FN2O2. The second kappa shape index (κ2) is 3.40. The summed E-state index contributed by atoms with van der Waals surface area (Å²) in [5, 5.41) is 12.5. The summed E-state index contributed by atoms with van der Waals surface area (Å²) in [4.78, 5) is 10.5. The first-order chi connectivity index (χ1) is 6.70. The maximum atomic E-state index is 13.2. The number of carboxylic acids is 1. The standard InChI is InChI=1S/C9H11FN2O2/c10-8(9(13)14)6-5-11-12-4-2-1-3-7(6)12/h5,8H,1-4H2,(H,13,14). The Morgan fingerprint density at radius 2 is 2.43 bits per heavy atom. The maximum Gasteiger partial charge on any atom is 0.343 e. The van der Waals surface area contributed by atoms with Gasteiger partial charge in [-0.05, 0) is 19.3 Å². The lowest BCUT2D eigenvalue weighted by atomic mass is 10.0. The normalized spacial score (nSPS) is 17.5. The predicted molar refractivity (Wildman–Crippen MR) is 46.6 cm³/mol. The lowest BCUT2D eigenvalue weighted by Crippen LogP contribution is -2.14. The average Bonchev–Trinajstić information content (AvgIpc) is 2.60. The largest absolute Gasteiger partial charge is 0.479 e. The van der Waals surface area contributed by atoms with E-state index < -0.39 is 12.1 Å². The van der Waals surface area contributed by atoms with Gasteiger partial charge in [0.15, 0.2) is 0 Å². The van der Waals surface area contributed by atoms with E-state index in [2.05, 4.69) is 5.10 Å². The first-order valence-electron chi connectivity index (χ1n) is 4.61. The number of aryl methyl sites for hydroxylation is 1. The summed E-state index contributed by atoms with van der Waals surface area (Å²) in [6.07, 6.45) is 2.13. The molecule has 1 aliphatic rings. The van der Waals surface area contributed by atoms with Gasteiger partial charge in [-0.3, -0.25) is 4.68 Å². The number of nitrogens with zero attached hydrogens (tertiary/aromatic N) is 2. The van der Waals surface area contributed by atoms with Crippen LogP contribution in [-0.4, -0.2) is 20.9 Å². The number of alkyl halides is 1. The topological polar surface area (TPSA) is 55.1 Å². The summed E-state index contributed by atoms with van der Waals surface area (Å²) in [5.41, 5.74) is 0.961. The number of aromatic nitrogens is 2. The van der Waals surface area contributed by atoms with Crippen LogP contribution < -0.4 is 0 Å². The second-order valence-electron chi connectivity index (χ2n) is 3.43. The molecule has 1 unspecified atom stereocenters. The molecule has 0 amide bonds. The molecule has 2 rings (SSSR count). The third-order valence-corrected chi connectivity index (χ3v) is 2.50. The molecule has 1 aliphatic heterocycles. The third-order valence-electron chi connectivity index (χ3n) is 2.50. The number of carboxylic acid groups (broad SMARTS) is 1. The van der Waals surface area contributed by atoms with Crippen molar-refractivity contribution in [3.05, 3.63) is 17.5 Å². The molecule has 76 valence electrons. The van der Waals surface area contributed by atoms with Crippen molar-refractivity contribution in [1.29, 1.82) is 0 Å². The Morgan fingerprint density at radius 1 is 1.64 bits per heavy atom. The quantitative estimate of drug-likeness (QED) is 0.779. The number of aliphatic carboxylic acids is 1. The molecule has 5 heteroatoms. The Labute approximate surface area is 80.3 Å². The Balaban J connectivity index is 2.34. The van der Waals surface area contributed by atoms with E-state index in [1.165, 1.54) is 6.20 Å². The van der Waals surface area contributed by atoms with Gasteiger partial charge in [0.2, 0.25) is 6.17 Å². The first kappa shape index (κ1) is 9.18. The smallest absolute Gasteiger partial charge is 0.343 e. The summed E-state index contributed by atoms with van der Waals surface area (Å²) in [7, 11) is 0. The van der Waals surface area contributed by atoms with E-state index in [4.69, 9.17) is 5.11 Å². The van der Waals surface area contributed by atoms with Gasteiger partial charge in [-0.25, -0.2) is 9.18 Å². The lowest BCUT2D eigenvalue weighted by Gasteiger charge is -2.14. The van der Waals surface area contributed by atoms with Crippen LogP contribution in [0.15, 0.2) is 6.20 Å². The fourth-order valence-corrected chi connectivity index (χ4v) is 1.79. The van der Waals surface area contributed by atoms with Gasteiger partial charge in [0.25, 0.3) is 0 Å². The summed E-state index contributed by atoms with van der Waals surface area (Å²) in [5.74, 6) is -1.44. The number of halogens is 1. The van der Waals surface area contributed by atoms with Gasteiger partial charge in [0, 0.05) is 17.8 Å². The number of fused-ring (bicyclic) bond motifs is 1. The van der Waals surface area contributed by atoms with E-state index in [1.807, 2.05) is 0 Å². The average molecular weight is 198 g/mol. The molecular weight excluding hydrogens is 187 g/mol. The second-order valence-corrected chi connectivity index (χ2v) is 3.43. The van der Waals surface area contributed by atoms with Gasteiger partial charge in [0.1, 0.15) is 0 Å². The molecule has 1 atom stereocenters. The zero-order valence-electron chi connectivity index (χ0n) is 7.61. The van der Waals surface area contributed by atoms with Crippen molar-refractivity contribution in [2.24, 2.45) is 0 Å². The molecule has 1 aromatic rings. The fraction of sp³-hybridized carbons (Fsp3) is 0.556. The van der Waals surface area contributed by atoms with E-state index in [-0.39, 0.29) is 5.56 Å². The van der Waals surface area contributed by atoms with Gasteiger partial charge in [0.05, 0.1) is 6.20 Å². The SMILES string of the molecule is O=C(O)C(F)c1cnn2c1CCCC2. The third kappa shape index (κ3) is 1.38. The first-order valence-corrected chi connectivity index (χ1v) is 4.61. The highest BCUT2D eigenvalue weighted by atomic mass is 19.1. The van der Waals surface area contributed by atoms with Crippen molar-refractivity contribution in [2.75, 3.05) is 0 Å². The minimum Gasteiger partial charge on any atom is -0.479 e. The number of carbonyl (C=O) groups is 1. The molecule has 0 spiro atoms. The van der Waals surface area contributed by atoms with Crippen molar-refractivity contribution in [3.63, 3.8) is 0 Å². The Hall–Kier alpha value is -1.39. The van der Waals surface area contributed by atoms with Crippen LogP contribution in [0.25, 0.3) is 0 Å². The summed E-state index contributed by atoms with van der Waals surface area (Å²) < 4.78 is 14.9. The minimum atomic E-state index is -1.93. The van der Waals surface area contributed by atoms with Gasteiger partial charge >= 0.3 is 5.97 Å². The molecule has 0 aliphatic carbocycles. The molecule has 0 bridgehead atoms. The van der Waals surface area contributed by atoms with Crippen LogP contribution in [0, 0.1) is 0 Å². The molecule has 0 saturated heterocycles. The molecule has 14 heavy (non-hydrogen) atoms. The van der Waals surface area contributed by atoms with E-state index in [0.717, 1.165) is 31.5 Å². The van der Waals surface area contributed by atoms with Gasteiger partial charge in [-0.2, -0.15) is 5.10 Å². The molecule has 0 radical (unpaired) electrons. The monoisotopic (exact) mass is 198 g/mol. The molecule has 0 aromatic carbocycles. The van der Waals surface area contributed by atoms with Crippen molar-refractivity contribution in [2.45, 2.75) is 32.0 Å². The van der Waals surface area contributed by atoms with Crippen LogP contribution >= 0.6 is 0 Å². The molecule has 4 nitrogen and oxygen atoms in total. The number of hydrogen-bond donors (Lipinski definition) is 1. The van der Waals surface area contributed by atoms with Crippen LogP contribution in [-0.2, 0) is 17.8 Å². The zero-order chi connectivity index (χ0) is 10.1. The van der Waals surface area contributed by atoms with Gasteiger partial charge in [-0.15, -0.1) is 0 Å². The Morgan fingerprint density at radius 3 is 3.14 bits per heavy atom. The van der Waals surface area contributed by atoms with Crippen LogP contribution in [0.2, 0.25) is 0 Å². The summed E-state index contributed by atoms with van der Waals surface area (Å²) in [6.45, 7) is 0.766. The molecule has 1 N–H and O–H groups in total. The molecule has 0 saturated carbocycles. The highest BCUT2D eigenvalue weighted by Gasteiger charge is 2.26. The Kier molecular flexibility index (Phi) is 2.23. The van der Waals surface area contributed by atoms with Crippen molar-refractivity contribution in [3.8, 4) is 0 Å². The van der Waals surface area contributed by atoms with E-state index >= 15 is 0 Å². The highest BCUT2D eigenvalue weighted by molar-refractivity contribution is 5.74. The predicted octanol–water partition coefficient (Wildman–Crippen LogP) is 1.31. The molecule has 1 aromatic heterocycles. The van der Waals surface area contributed by atoms with Gasteiger partial charge < -0.3 is 5.11 Å². The van der Waals surface area contributed by atoms with E-state index in [1.54, 1.807) is 4.68 Å². The van der Waals surface area contributed by atoms with Crippen LogP contribution in [0.1, 0.15) is 30.3 Å². The highest BCUT2D eigenvalue weighted by Crippen LogP contribution is 2.25. The van der Waals surface area contributed by atoms with Crippen LogP contribution in [0.5, 0.6) is 0 Å². The molecule has 2 heterocycles. The number of rotatable bonds is 2. The zero-order valence-corrected chi connectivity index (χ0v) is 7.61. The maximum absolute atomic E-state index is 13.2. The summed E-state index contributed by atoms with van der Waals surface area (Å²) in [6, 6.07) is 0. The van der Waals surface area contributed by atoms with Crippen molar-refractivity contribution in [1.82, 2.24) is 9.78 Å². The van der Waals surface area contributed by atoms with Crippen LogP contribution in [0.3, 0.4) is 0 Å². The summed E-state index contributed by atoms with van der Waals surface area (Å²) >= 11 is 0. The minimum absolute atomic E-state index is 0.220.